The summed E-state index contributed by atoms with van der Waals surface area (Å²) >= 11 is 0. The largest absolute Gasteiger partial charge is 0.349 e. The van der Waals surface area contributed by atoms with Crippen LogP contribution >= 0.6 is 0 Å². The van der Waals surface area contributed by atoms with E-state index in [-0.39, 0.29) is 41.6 Å². The average molecular weight is 443 g/mol. The first-order valence-electron chi connectivity index (χ1n) is 11.4. The van der Waals surface area contributed by atoms with E-state index in [1.807, 2.05) is 60.3 Å². The Morgan fingerprint density at radius 2 is 1.64 bits per heavy atom. The number of fused-ring (bicyclic) bond motifs is 2. The van der Waals surface area contributed by atoms with Crippen LogP contribution in [0.5, 0.6) is 0 Å². The van der Waals surface area contributed by atoms with Crippen LogP contribution in [0.15, 0.2) is 59.9 Å². The minimum absolute atomic E-state index is 0.00386. The normalized spacial score (nSPS) is 18.3. The van der Waals surface area contributed by atoms with Crippen molar-refractivity contribution in [3.05, 3.63) is 71.1 Å². The van der Waals surface area contributed by atoms with E-state index in [0.29, 0.717) is 5.82 Å². The number of hydrogen-bond acceptors (Lipinski definition) is 5. The van der Waals surface area contributed by atoms with Crippen LogP contribution in [0.3, 0.4) is 0 Å². The first-order chi connectivity index (χ1) is 15.7. The first-order valence-corrected chi connectivity index (χ1v) is 11.4. The third-order valence-corrected chi connectivity index (χ3v) is 6.89. The molecule has 170 valence electrons. The van der Waals surface area contributed by atoms with Crippen molar-refractivity contribution >= 4 is 23.1 Å². The number of carbonyl (C=O) groups is 2. The van der Waals surface area contributed by atoms with Gasteiger partial charge in [0.2, 0.25) is 5.91 Å². The molecule has 0 spiro atoms. The smallest absolute Gasteiger partial charge is 0.220 e. The molecule has 2 aromatic rings. The maximum Gasteiger partial charge on any atom is 0.220 e. The molecule has 0 aromatic heterocycles. The minimum atomic E-state index is -0.320. The van der Waals surface area contributed by atoms with Gasteiger partial charge in [-0.15, -0.1) is 0 Å². The minimum Gasteiger partial charge on any atom is -0.349 e. The molecule has 1 aliphatic heterocycles. The fourth-order valence-electron chi connectivity index (χ4n) is 5.04. The van der Waals surface area contributed by atoms with E-state index >= 15 is 0 Å². The zero-order valence-electron chi connectivity index (χ0n) is 19.7. The van der Waals surface area contributed by atoms with Crippen molar-refractivity contribution in [2.45, 2.75) is 51.0 Å². The number of nitrogens with one attached hydrogen (secondary N) is 1. The van der Waals surface area contributed by atoms with Crippen molar-refractivity contribution in [1.82, 2.24) is 5.32 Å². The molecule has 2 aromatic carbocycles. The number of amides is 1. The Morgan fingerprint density at radius 3 is 2.27 bits per heavy atom. The van der Waals surface area contributed by atoms with E-state index in [1.54, 1.807) is 0 Å². The lowest BCUT2D eigenvalue weighted by Gasteiger charge is -2.37. The topological polar surface area (TPSA) is 76.4 Å². The second kappa shape index (κ2) is 8.74. The summed E-state index contributed by atoms with van der Waals surface area (Å²) in [5.74, 6) is 0.0634. The van der Waals surface area contributed by atoms with Crippen molar-refractivity contribution in [3.63, 3.8) is 0 Å². The Bertz CT molecular complexity index is 1140. The highest BCUT2D eigenvalue weighted by molar-refractivity contribution is 6.03. The summed E-state index contributed by atoms with van der Waals surface area (Å²) in [5.41, 5.74) is 4.45. The third-order valence-electron chi connectivity index (χ3n) is 6.89. The number of anilines is 2. The summed E-state index contributed by atoms with van der Waals surface area (Å²) in [5, 5.41) is 12.9. The predicted molar refractivity (Wildman–Crippen MR) is 130 cm³/mol. The summed E-state index contributed by atoms with van der Waals surface area (Å²) in [6, 6.07) is 18.0. The zero-order valence-corrected chi connectivity index (χ0v) is 19.7. The second-order valence-electron chi connectivity index (χ2n) is 9.47. The van der Waals surface area contributed by atoms with Crippen molar-refractivity contribution in [3.8, 4) is 6.07 Å². The van der Waals surface area contributed by atoms with E-state index in [2.05, 4.69) is 37.4 Å². The van der Waals surface area contributed by atoms with Gasteiger partial charge in [-0.25, -0.2) is 0 Å². The van der Waals surface area contributed by atoms with Gasteiger partial charge in [0, 0.05) is 26.9 Å². The van der Waals surface area contributed by atoms with Gasteiger partial charge in [0.15, 0.2) is 5.78 Å². The Kier molecular flexibility index (Phi) is 5.99. The van der Waals surface area contributed by atoms with Crippen molar-refractivity contribution < 1.29 is 9.59 Å². The lowest BCUT2D eigenvalue weighted by molar-refractivity contribution is -0.124. The molecule has 6 heteroatoms. The second-order valence-corrected chi connectivity index (χ2v) is 9.47. The maximum absolute atomic E-state index is 13.0. The van der Waals surface area contributed by atoms with Crippen LogP contribution in [-0.2, 0) is 15.0 Å². The monoisotopic (exact) mass is 442 g/mol. The van der Waals surface area contributed by atoms with Crippen LogP contribution in [0.25, 0.3) is 0 Å². The van der Waals surface area contributed by atoms with Gasteiger partial charge in [0.1, 0.15) is 17.5 Å². The molecule has 0 bridgehead atoms. The van der Waals surface area contributed by atoms with Gasteiger partial charge in [-0.3, -0.25) is 9.59 Å². The molecular weight excluding hydrogens is 412 g/mol. The maximum atomic E-state index is 13.0. The number of nitrogens with zero attached hydrogens (tertiary/aromatic N) is 3. The van der Waals surface area contributed by atoms with E-state index in [1.165, 1.54) is 5.56 Å². The molecule has 0 fully saturated rings. The van der Waals surface area contributed by atoms with Gasteiger partial charge >= 0.3 is 0 Å². The summed E-state index contributed by atoms with van der Waals surface area (Å²) < 4.78 is 0. The number of Topliss-reactive ketones (excluding diaryl/α,β-unsaturated/α-hetero) is 1. The van der Waals surface area contributed by atoms with Crippen LogP contribution in [0.2, 0.25) is 0 Å². The van der Waals surface area contributed by atoms with Crippen molar-refractivity contribution in [2.24, 2.45) is 0 Å². The highest BCUT2D eigenvalue weighted by Gasteiger charge is 2.34. The van der Waals surface area contributed by atoms with Gasteiger partial charge in [0.25, 0.3) is 0 Å². The lowest BCUT2D eigenvalue weighted by atomic mass is 9.71. The summed E-state index contributed by atoms with van der Waals surface area (Å²) in [6.07, 6.45) is 1.90. The summed E-state index contributed by atoms with van der Waals surface area (Å²) in [7, 11) is 3.69. The van der Waals surface area contributed by atoms with Gasteiger partial charge < -0.3 is 15.1 Å². The van der Waals surface area contributed by atoms with Gasteiger partial charge in [-0.2, -0.15) is 5.26 Å². The molecular formula is C27H30N4O2. The van der Waals surface area contributed by atoms with Gasteiger partial charge in [-0.1, -0.05) is 50.2 Å². The van der Waals surface area contributed by atoms with Gasteiger partial charge in [0.05, 0.1) is 17.4 Å². The molecule has 2 aliphatic rings. The molecule has 33 heavy (non-hydrogen) atoms. The number of rotatable bonds is 5. The molecule has 1 N–H and O–H groups in total. The Morgan fingerprint density at radius 1 is 1.03 bits per heavy atom. The predicted octanol–water partition coefficient (Wildman–Crippen LogP) is 4.59. The number of nitriles is 1. The molecule has 1 heterocycles. The fraction of sp³-hybridized carbons (Fsp3) is 0.370. The van der Waals surface area contributed by atoms with Crippen molar-refractivity contribution in [2.75, 3.05) is 23.9 Å². The van der Waals surface area contributed by atoms with E-state index in [9.17, 15) is 14.9 Å². The van der Waals surface area contributed by atoms with Crippen LogP contribution in [0, 0.1) is 11.3 Å². The number of para-hydroxylation sites is 2. The zero-order chi connectivity index (χ0) is 23.8. The quantitative estimate of drug-likeness (QED) is 0.542. The summed E-state index contributed by atoms with van der Waals surface area (Å²) in [6.45, 7) is 4.46. The number of ketones is 1. The molecule has 0 saturated carbocycles. The molecule has 0 saturated heterocycles. The average Bonchev–Trinajstić information content (AvgIpc) is 3.06. The molecule has 4 rings (SSSR count). The highest BCUT2D eigenvalue weighted by Crippen LogP contribution is 2.42. The molecule has 6 nitrogen and oxygen atoms in total. The molecule has 1 aliphatic carbocycles. The standard InChI is InChI=1S/C27H30N4O2/c1-27(2)16-15-21(18-9-5-6-10-20(18)27)29-25(33)14-13-24(32)19(17-28)26-30(3)22-11-7-8-12-23(22)31(26)4/h5-12,21H,13-16H2,1-4H3,(H,29,33). The Labute approximate surface area is 195 Å². The highest BCUT2D eigenvalue weighted by atomic mass is 16.2. The number of benzene rings is 2. The molecule has 1 amide bonds. The SMILES string of the molecule is CN1C(=C(C#N)C(=O)CCC(=O)NC2CCC(C)(C)c3ccccc32)N(C)c2ccccc21. The van der Waals surface area contributed by atoms with E-state index < -0.39 is 0 Å². The van der Waals surface area contributed by atoms with Crippen LogP contribution in [0.4, 0.5) is 11.4 Å². The number of hydrogen-bond donors (Lipinski definition) is 1. The molecule has 0 radical (unpaired) electrons. The molecule has 1 unspecified atom stereocenters. The molecule has 1 atom stereocenters. The number of allylic oxidation sites excluding steroid dienone is 1. The van der Waals surface area contributed by atoms with E-state index in [0.717, 1.165) is 29.8 Å². The number of carbonyl (C=O) groups excluding carboxylic acids is 2. The van der Waals surface area contributed by atoms with Crippen LogP contribution in [-0.4, -0.2) is 25.8 Å². The van der Waals surface area contributed by atoms with E-state index in [4.69, 9.17) is 0 Å². The van der Waals surface area contributed by atoms with Crippen LogP contribution < -0.4 is 15.1 Å². The van der Waals surface area contributed by atoms with Gasteiger partial charge in [-0.05, 0) is 41.5 Å². The fourth-order valence-corrected chi connectivity index (χ4v) is 5.04. The lowest BCUT2D eigenvalue weighted by Crippen LogP contribution is -2.35. The summed E-state index contributed by atoms with van der Waals surface area (Å²) in [4.78, 5) is 29.4. The Balaban J connectivity index is 1.45. The Hall–Kier alpha value is -3.59. The van der Waals surface area contributed by atoms with Crippen LogP contribution in [0.1, 0.15) is 56.7 Å². The first kappa shape index (κ1) is 22.6. The van der Waals surface area contributed by atoms with Crippen molar-refractivity contribution in [1.29, 1.82) is 5.26 Å². The third kappa shape index (κ3) is 4.11.